The van der Waals surface area contributed by atoms with Crippen LogP contribution in [0.5, 0.6) is 0 Å². The van der Waals surface area contributed by atoms with Crippen LogP contribution in [0, 0.1) is 6.92 Å². The van der Waals surface area contributed by atoms with Crippen molar-refractivity contribution in [3.8, 4) is 0 Å². The van der Waals surface area contributed by atoms with Gasteiger partial charge in [-0.3, -0.25) is 0 Å². The predicted molar refractivity (Wildman–Crippen MR) is 75.8 cm³/mol. The Morgan fingerprint density at radius 3 is 2.24 bits per heavy atom. The third-order valence-corrected chi connectivity index (χ3v) is 5.17. The number of hydrogen-bond acceptors (Lipinski definition) is 4. The number of halogens is 1. The molecule has 96 valence electrons. The van der Waals surface area contributed by atoms with Gasteiger partial charge >= 0.3 is 7.12 Å². The molecule has 0 fully saturated rings. The molecular formula is C11H18BBrO3S. The molecule has 1 rings (SSSR count). The van der Waals surface area contributed by atoms with Gasteiger partial charge in [0.25, 0.3) is 0 Å². The Morgan fingerprint density at radius 2 is 1.88 bits per heavy atom. The van der Waals surface area contributed by atoms with Crippen molar-refractivity contribution >= 4 is 39.2 Å². The van der Waals surface area contributed by atoms with Crippen LogP contribution in [0.1, 0.15) is 33.3 Å². The van der Waals surface area contributed by atoms with Crippen LogP contribution in [0.3, 0.4) is 0 Å². The molecule has 17 heavy (non-hydrogen) atoms. The molecular weight excluding hydrogens is 303 g/mol. The van der Waals surface area contributed by atoms with Crippen LogP contribution in [0.4, 0.5) is 0 Å². The van der Waals surface area contributed by atoms with E-state index in [9.17, 15) is 10.1 Å². The Bertz CT molecular complexity index is 378. The summed E-state index contributed by atoms with van der Waals surface area (Å²) in [6.07, 6.45) is 0. The molecule has 0 amide bonds. The molecule has 3 nitrogen and oxygen atoms in total. The number of hydrogen-bond donors (Lipinski definition) is 2. The second-order valence-corrected chi connectivity index (χ2v) is 7.55. The lowest BCUT2D eigenvalue weighted by Crippen LogP contribution is -2.52. The van der Waals surface area contributed by atoms with Crippen LogP contribution >= 0.6 is 27.3 Å². The fourth-order valence-corrected chi connectivity index (χ4v) is 2.57. The summed E-state index contributed by atoms with van der Waals surface area (Å²) in [6, 6.07) is 1.87. The molecule has 0 aliphatic rings. The molecule has 0 aromatic carbocycles. The zero-order valence-corrected chi connectivity index (χ0v) is 13.1. The maximum absolute atomic E-state index is 10.0. The summed E-state index contributed by atoms with van der Waals surface area (Å²) >= 11 is 4.84. The van der Waals surface area contributed by atoms with Crippen LogP contribution in [-0.4, -0.2) is 28.5 Å². The van der Waals surface area contributed by atoms with Crippen molar-refractivity contribution in [2.75, 3.05) is 0 Å². The van der Waals surface area contributed by atoms with Crippen LogP contribution in [-0.2, 0) is 4.65 Å². The first-order valence-electron chi connectivity index (χ1n) is 5.38. The van der Waals surface area contributed by atoms with Gasteiger partial charge in [0.1, 0.15) is 0 Å². The lowest BCUT2D eigenvalue weighted by atomic mass is 9.82. The molecule has 6 heteroatoms. The third-order valence-electron chi connectivity index (χ3n) is 3.00. The average molecular weight is 321 g/mol. The highest BCUT2D eigenvalue weighted by Crippen LogP contribution is 2.27. The number of thiophene rings is 1. The standard InChI is InChI=1S/C11H18BBrO3S/c1-7-6-8(17-9(7)13)12(15)16-11(4,5)10(2,3)14/h6,14-15H,1-5H3. The molecule has 1 aromatic rings. The van der Waals surface area contributed by atoms with E-state index in [0.717, 1.165) is 14.1 Å². The van der Waals surface area contributed by atoms with Gasteiger partial charge < -0.3 is 14.8 Å². The summed E-state index contributed by atoms with van der Waals surface area (Å²) in [5.74, 6) is 0. The van der Waals surface area contributed by atoms with E-state index >= 15 is 0 Å². The molecule has 1 aromatic heterocycles. The van der Waals surface area contributed by atoms with E-state index in [1.807, 2.05) is 13.0 Å². The smallest absolute Gasteiger partial charge is 0.423 e. The minimum absolute atomic E-state index is 0.728. The highest BCUT2D eigenvalue weighted by Gasteiger charge is 2.40. The van der Waals surface area contributed by atoms with Crippen LogP contribution in [0.15, 0.2) is 9.85 Å². The molecule has 0 saturated carbocycles. The Labute approximate surface area is 115 Å². The number of rotatable bonds is 4. The average Bonchev–Trinajstić information content (AvgIpc) is 2.44. The molecule has 1 heterocycles. The first-order chi connectivity index (χ1) is 7.54. The lowest BCUT2D eigenvalue weighted by Gasteiger charge is -2.38. The Hall–Kier alpha value is 0.125. The zero-order chi connectivity index (χ0) is 13.4. The first kappa shape index (κ1) is 15.2. The molecule has 0 saturated heterocycles. The monoisotopic (exact) mass is 320 g/mol. The lowest BCUT2D eigenvalue weighted by molar-refractivity contribution is -0.0981. The first-order valence-corrected chi connectivity index (χ1v) is 6.99. The van der Waals surface area contributed by atoms with Gasteiger partial charge in [-0.25, -0.2) is 0 Å². The second kappa shape index (κ2) is 5.01. The van der Waals surface area contributed by atoms with Crippen molar-refractivity contribution in [2.45, 2.75) is 45.8 Å². The molecule has 0 spiro atoms. The van der Waals surface area contributed by atoms with E-state index in [-0.39, 0.29) is 0 Å². The van der Waals surface area contributed by atoms with Crippen molar-refractivity contribution in [3.05, 3.63) is 15.4 Å². The normalized spacial score (nSPS) is 12.9. The van der Waals surface area contributed by atoms with E-state index in [2.05, 4.69) is 15.9 Å². The van der Waals surface area contributed by atoms with Gasteiger partial charge in [0, 0.05) is 4.78 Å². The van der Waals surface area contributed by atoms with Gasteiger partial charge in [-0.2, -0.15) is 0 Å². The third kappa shape index (κ3) is 3.55. The van der Waals surface area contributed by atoms with Gasteiger partial charge in [-0.1, -0.05) is 0 Å². The molecule has 2 N–H and O–H groups in total. The van der Waals surface area contributed by atoms with Crippen molar-refractivity contribution in [2.24, 2.45) is 0 Å². The van der Waals surface area contributed by atoms with Crippen LogP contribution < -0.4 is 4.78 Å². The Kier molecular flexibility index (Phi) is 4.48. The van der Waals surface area contributed by atoms with Crippen LogP contribution in [0.2, 0.25) is 0 Å². The minimum atomic E-state index is -1.03. The molecule has 0 aliphatic heterocycles. The molecule has 0 atom stereocenters. The highest BCUT2D eigenvalue weighted by molar-refractivity contribution is 9.11. The largest absolute Gasteiger partial charge is 0.502 e. The van der Waals surface area contributed by atoms with Gasteiger partial charge in [0.05, 0.1) is 15.0 Å². The summed E-state index contributed by atoms with van der Waals surface area (Å²) in [7, 11) is -1.02. The van der Waals surface area contributed by atoms with Gasteiger partial charge in [0.15, 0.2) is 0 Å². The summed E-state index contributed by atoms with van der Waals surface area (Å²) in [5.41, 5.74) is -0.803. The van der Waals surface area contributed by atoms with Gasteiger partial charge in [0.2, 0.25) is 0 Å². The topological polar surface area (TPSA) is 49.7 Å². The van der Waals surface area contributed by atoms with E-state index in [0.29, 0.717) is 0 Å². The molecule has 0 aliphatic carbocycles. The maximum atomic E-state index is 10.0. The van der Waals surface area contributed by atoms with Gasteiger partial charge in [-0.15, -0.1) is 11.3 Å². The zero-order valence-electron chi connectivity index (χ0n) is 10.7. The fraction of sp³-hybridized carbons (Fsp3) is 0.636. The molecule has 0 unspecified atom stereocenters. The fourth-order valence-electron chi connectivity index (χ4n) is 1.09. The highest BCUT2D eigenvalue weighted by atomic mass is 79.9. The second-order valence-electron chi connectivity index (χ2n) is 5.15. The van der Waals surface area contributed by atoms with Crippen LogP contribution in [0.25, 0.3) is 0 Å². The maximum Gasteiger partial charge on any atom is 0.502 e. The van der Waals surface area contributed by atoms with Crippen molar-refractivity contribution < 1.29 is 14.8 Å². The van der Waals surface area contributed by atoms with Crippen molar-refractivity contribution in [3.63, 3.8) is 0 Å². The molecule has 0 bridgehead atoms. The molecule has 0 radical (unpaired) electrons. The Morgan fingerprint density at radius 1 is 1.35 bits per heavy atom. The summed E-state index contributed by atoms with van der Waals surface area (Å²) < 4.78 is 7.26. The number of aryl methyl sites for hydroxylation is 1. The van der Waals surface area contributed by atoms with Gasteiger partial charge in [-0.05, 0) is 62.2 Å². The van der Waals surface area contributed by atoms with E-state index in [1.165, 1.54) is 11.3 Å². The van der Waals surface area contributed by atoms with E-state index < -0.39 is 18.3 Å². The summed E-state index contributed by atoms with van der Waals surface area (Å²) in [5, 5.41) is 20.0. The Balaban J connectivity index is 2.83. The van der Waals surface area contributed by atoms with E-state index in [1.54, 1.807) is 27.7 Å². The number of aliphatic hydroxyl groups is 1. The minimum Gasteiger partial charge on any atom is -0.423 e. The summed E-state index contributed by atoms with van der Waals surface area (Å²) in [6.45, 7) is 8.79. The quantitative estimate of drug-likeness (QED) is 0.835. The SMILES string of the molecule is Cc1cc(B(O)OC(C)(C)C(C)(C)O)sc1Br. The predicted octanol–water partition coefficient (Wildman–Crippen LogP) is 2.07. The van der Waals surface area contributed by atoms with Crippen molar-refractivity contribution in [1.82, 2.24) is 0 Å². The van der Waals surface area contributed by atoms with E-state index in [4.69, 9.17) is 4.65 Å². The van der Waals surface area contributed by atoms with Crippen molar-refractivity contribution in [1.29, 1.82) is 0 Å². The summed E-state index contributed by atoms with van der Waals surface area (Å²) in [4.78, 5) is 0.